The summed E-state index contributed by atoms with van der Waals surface area (Å²) in [5.41, 5.74) is 2.53. The molecule has 10 nitrogen and oxygen atoms in total. The SMILES string of the molecule is CCO[C@H]1OC(C(=O)N2CCN(Cc3ccc4c(c3)OCO4)CC2)=C[C@@H](c2ccc(C(=O)OC)cc2)[C@H]1CCCO. The first-order chi connectivity index (χ1) is 20.0. The largest absolute Gasteiger partial charge is 0.465 e. The highest BCUT2D eigenvalue weighted by molar-refractivity contribution is 5.92. The van der Waals surface area contributed by atoms with Crippen molar-refractivity contribution >= 4 is 11.9 Å². The van der Waals surface area contributed by atoms with Crippen molar-refractivity contribution < 1.29 is 38.4 Å². The summed E-state index contributed by atoms with van der Waals surface area (Å²) in [6.45, 7) is 6.02. The number of hydrogen-bond acceptors (Lipinski definition) is 9. The molecule has 1 amide bonds. The number of methoxy groups -OCH3 is 1. The fourth-order valence-corrected chi connectivity index (χ4v) is 5.66. The van der Waals surface area contributed by atoms with Gasteiger partial charge in [-0.15, -0.1) is 0 Å². The topological polar surface area (TPSA) is 107 Å². The Hall–Kier alpha value is -3.60. The van der Waals surface area contributed by atoms with Crippen molar-refractivity contribution in [1.82, 2.24) is 9.80 Å². The predicted molar refractivity (Wildman–Crippen MR) is 149 cm³/mol. The van der Waals surface area contributed by atoms with Crippen LogP contribution in [0.4, 0.5) is 0 Å². The smallest absolute Gasteiger partial charge is 0.337 e. The van der Waals surface area contributed by atoms with Crippen LogP contribution in [0.3, 0.4) is 0 Å². The van der Waals surface area contributed by atoms with Gasteiger partial charge >= 0.3 is 5.97 Å². The van der Waals surface area contributed by atoms with E-state index in [9.17, 15) is 14.7 Å². The maximum atomic E-state index is 13.7. The standard InChI is InChI=1S/C31H38N2O8/c1-3-38-31-24(5-4-16-34)25(22-7-9-23(10-8-22)30(36)37-2)18-28(41-31)29(35)33-14-12-32(13-15-33)19-21-6-11-26-27(17-21)40-20-39-26/h6-11,17-18,24-25,31,34H,3-5,12-16,19-20H2,1-2H3/t24-,25+,31+/m1/s1. The van der Waals surface area contributed by atoms with Crippen molar-refractivity contribution in [2.24, 2.45) is 5.92 Å². The van der Waals surface area contributed by atoms with Gasteiger partial charge in [0.2, 0.25) is 13.1 Å². The van der Waals surface area contributed by atoms with E-state index in [-0.39, 0.29) is 36.9 Å². The number of esters is 1. The Bertz CT molecular complexity index is 1240. The van der Waals surface area contributed by atoms with Gasteiger partial charge in [-0.2, -0.15) is 0 Å². The molecule has 2 aromatic rings. The molecular weight excluding hydrogens is 528 g/mol. The van der Waals surface area contributed by atoms with Crippen LogP contribution in [0, 0.1) is 5.92 Å². The van der Waals surface area contributed by atoms with Crippen molar-refractivity contribution in [2.75, 3.05) is 53.3 Å². The lowest BCUT2D eigenvalue weighted by Crippen LogP contribution is -2.49. The van der Waals surface area contributed by atoms with E-state index in [4.69, 9.17) is 23.7 Å². The van der Waals surface area contributed by atoms with Crippen molar-refractivity contribution in [3.05, 3.63) is 71.0 Å². The van der Waals surface area contributed by atoms with Crippen molar-refractivity contribution in [3.8, 4) is 11.5 Å². The average Bonchev–Trinajstić information content (AvgIpc) is 3.48. The van der Waals surface area contributed by atoms with E-state index < -0.39 is 12.3 Å². The molecule has 0 spiro atoms. The molecule has 220 valence electrons. The molecule has 10 heteroatoms. The Balaban J connectivity index is 1.30. The second-order valence-corrected chi connectivity index (χ2v) is 10.4. The molecule has 0 aliphatic carbocycles. The van der Waals surface area contributed by atoms with Gasteiger partial charge in [-0.25, -0.2) is 4.79 Å². The van der Waals surface area contributed by atoms with Crippen molar-refractivity contribution in [2.45, 2.75) is 38.5 Å². The third-order valence-corrected chi connectivity index (χ3v) is 7.84. The van der Waals surface area contributed by atoms with Crippen LogP contribution in [-0.2, 0) is 25.5 Å². The lowest BCUT2D eigenvalue weighted by atomic mass is 9.80. The molecule has 41 heavy (non-hydrogen) atoms. The number of fused-ring (bicyclic) bond motifs is 1. The quantitative estimate of drug-likeness (QED) is 0.434. The number of allylic oxidation sites excluding steroid dienone is 1. The summed E-state index contributed by atoms with van der Waals surface area (Å²) in [5, 5.41) is 9.54. The first-order valence-corrected chi connectivity index (χ1v) is 14.2. The summed E-state index contributed by atoms with van der Waals surface area (Å²) in [6, 6.07) is 13.2. The number of amides is 1. The summed E-state index contributed by atoms with van der Waals surface area (Å²) in [6.07, 6.45) is 2.48. The summed E-state index contributed by atoms with van der Waals surface area (Å²) < 4.78 is 27.9. The number of ether oxygens (including phenoxy) is 5. The van der Waals surface area contributed by atoms with Gasteiger partial charge in [0.25, 0.3) is 5.91 Å². The van der Waals surface area contributed by atoms with E-state index in [1.807, 2.05) is 48.2 Å². The molecule has 0 saturated carbocycles. The van der Waals surface area contributed by atoms with Gasteiger partial charge in [0.1, 0.15) is 0 Å². The van der Waals surface area contributed by atoms with E-state index in [1.54, 1.807) is 12.1 Å². The Morgan fingerprint density at radius 1 is 1.02 bits per heavy atom. The van der Waals surface area contributed by atoms with Gasteiger partial charge in [0.05, 0.1) is 12.7 Å². The fraction of sp³-hybridized carbons (Fsp3) is 0.484. The molecular formula is C31H38N2O8. The molecule has 0 aromatic heterocycles. The number of nitrogens with zero attached hydrogens (tertiary/aromatic N) is 2. The highest BCUT2D eigenvalue weighted by Gasteiger charge is 2.39. The summed E-state index contributed by atoms with van der Waals surface area (Å²) in [5.74, 6) is 0.951. The molecule has 1 N–H and O–H groups in total. The van der Waals surface area contributed by atoms with Crippen LogP contribution < -0.4 is 9.47 Å². The Morgan fingerprint density at radius 3 is 2.49 bits per heavy atom. The minimum absolute atomic E-state index is 0.0510. The second kappa shape index (κ2) is 13.4. The molecule has 3 aliphatic rings. The molecule has 3 atom stereocenters. The van der Waals surface area contributed by atoms with Crippen LogP contribution in [-0.4, -0.2) is 86.4 Å². The zero-order valence-corrected chi connectivity index (χ0v) is 23.6. The Kier molecular flexibility index (Phi) is 9.43. The fourth-order valence-electron chi connectivity index (χ4n) is 5.66. The first kappa shape index (κ1) is 28.9. The normalized spacial score (nSPS) is 22.2. The van der Waals surface area contributed by atoms with Gasteiger partial charge in [-0.05, 0) is 61.2 Å². The molecule has 0 radical (unpaired) electrons. The average molecular weight is 567 g/mol. The van der Waals surface area contributed by atoms with Crippen LogP contribution in [0.5, 0.6) is 11.5 Å². The third kappa shape index (κ3) is 6.66. The predicted octanol–water partition coefficient (Wildman–Crippen LogP) is 3.30. The molecule has 1 fully saturated rings. The van der Waals surface area contributed by atoms with Gasteiger partial charge in [-0.1, -0.05) is 18.2 Å². The van der Waals surface area contributed by atoms with E-state index in [2.05, 4.69) is 4.90 Å². The lowest BCUT2D eigenvalue weighted by Gasteiger charge is -2.39. The van der Waals surface area contributed by atoms with Gasteiger partial charge in [0, 0.05) is 57.8 Å². The number of hydrogen-bond donors (Lipinski definition) is 1. The number of carbonyl (C=O) groups excluding carboxylic acids is 2. The van der Waals surface area contributed by atoms with Crippen molar-refractivity contribution in [3.63, 3.8) is 0 Å². The second-order valence-electron chi connectivity index (χ2n) is 10.4. The molecule has 0 bridgehead atoms. The Morgan fingerprint density at radius 2 is 1.78 bits per heavy atom. The van der Waals surface area contributed by atoms with E-state index >= 15 is 0 Å². The number of carbonyl (C=O) groups is 2. The molecule has 2 aromatic carbocycles. The van der Waals surface area contributed by atoms with Crippen molar-refractivity contribution in [1.29, 1.82) is 0 Å². The molecule has 0 unspecified atom stereocenters. The first-order valence-electron chi connectivity index (χ1n) is 14.2. The molecule has 1 saturated heterocycles. The van der Waals surface area contributed by atoms with E-state index in [0.717, 1.165) is 42.3 Å². The molecule has 5 rings (SSSR count). The maximum Gasteiger partial charge on any atom is 0.337 e. The van der Waals surface area contributed by atoms with E-state index in [1.165, 1.54) is 7.11 Å². The minimum atomic E-state index is -0.631. The number of rotatable bonds is 10. The lowest BCUT2D eigenvalue weighted by molar-refractivity contribution is -0.171. The zero-order chi connectivity index (χ0) is 28.8. The van der Waals surface area contributed by atoms with Crippen LogP contribution >= 0.6 is 0 Å². The van der Waals surface area contributed by atoms with Gasteiger partial charge < -0.3 is 33.7 Å². The van der Waals surface area contributed by atoms with Crippen LogP contribution in [0.15, 0.2) is 54.3 Å². The third-order valence-electron chi connectivity index (χ3n) is 7.84. The van der Waals surface area contributed by atoms with Gasteiger partial charge in [0.15, 0.2) is 17.3 Å². The monoisotopic (exact) mass is 566 g/mol. The highest BCUT2D eigenvalue weighted by atomic mass is 16.7. The number of benzene rings is 2. The molecule has 3 heterocycles. The summed E-state index contributed by atoms with van der Waals surface area (Å²) >= 11 is 0. The highest BCUT2D eigenvalue weighted by Crippen LogP contribution is 2.40. The summed E-state index contributed by atoms with van der Waals surface area (Å²) in [7, 11) is 1.35. The summed E-state index contributed by atoms with van der Waals surface area (Å²) in [4.78, 5) is 29.8. The van der Waals surface area contributed by atoms with Crippen LogP contribution in [0.25, 0.3) is 0 Å². The number of piperazine rings is 1. The zero-order valence-electron chi connectivity index (χ0n) is 23.6. The molecule has 3 aliphatic heterocycles. The number of aliphatic hydroxyl groups excluding tert-OH is 1. The van der Waals surface area contributed by atoms with Crippen LogP contribution in [0.2, 0.25) is 0 Å². The maximum absolute atomic E-state index is 13.7. The number of aliphatic hydroxyl groups is 1. The van der Waals surface area contributed by atoms with Gasteiger partial charge in [-0.3, -0.25) is 9.69 Å². The Labute approximate surface area is 240 Å². The van der Waals surface area contributed by atoms with Crippen LogP contribution in [0.1, 0.15) is 47.2 Å². The minimum Gasteiger partial charge on any atom is -0.465 e. The van der Waals surface area contributed by atoms with E-state index in [0.29, 0.717) is 38.1 Å².